The first-order chi connectivity index (χ1) is 14.9. The molecule has 4 nitrogen and oxygen atoms in total. The second kappa shape index (κ2) is 9.07. The molecule has 2 aromatic rings. The Kier molecular flexibility index (Phi) is 6.42. The van der Waals surface area contributed by atoms with E-state index in [0.29, 0.717) is 0 Å². The Hall–Kier alpha value is -2.27. The van der Waals surface area contributed by atoms with Crippen molar-refractivity contribution in [3.8, 4) is 0 Å². The third kappa shape index (κ3) is 4.67. The van der Waals surface area contributed by atoms with Crippen molar-refractivity contribution in [2.24, 2.45) is 0 Å². The maximum absolute atomic E-state index is 11.9. The summed E-state index contributed by atoms with van der Waals surface area (Å²) in [6, 6.07) is 15.8. The molecule has 2 aliphatic rings. The number of benzene rings is 2. The van der Waals surface area contributed by atoms with Gasteiger partial charge in [-0.05, 0) is 47.4 Å². The Balaban J connectivity index is 1.43. The lowest BCUT2D eigenvalue weighted by Gasteiger charge is -2.37. The van der Waals surface area contributed by atoms with Gasteiger partial charge in [0.25, 0.3) is 0 Å². The van der Waals surface area contributed by atoms with Crippen LogP contribution in [0.3, 0.4) is 0 Å². The van der Waals surface area contributed by atoms with E-state index in [2.05, 4.69) is 17.6 Å². The van der Waals surface area contributed by atoms with Crippen molar-refractivity contribution >= 4 is 34.9 Å². The highest BCUT2D eigenvalue weighted by Crippen LogP contribution is 2.39. The summed E-state index contributed by atoms with van der Waals surface area (Å²) >= 11 is 12.2. The second-order valence-electron chi connectivity index (χ2n) is 8.13. The van der Waals surface area contributed by atoms with Gasteiger partial charge in [-0.1, -0.05) is 60.1 Å². The third-order valence-electron chi connectivity index (χ3n) is 6.26. The molecular weight excluding hydrogens is 431 g/mol. The molecule has 4 rings (SSSR count). The topological polar surface area (TPSA) is 32.8 Å². The predicted octanol–water partition coefficient (Wildman–Crippen LogP) is 6.25. The van der Waals surface area contributed by atoms with E-state index in [1.54, 1.807) is 7.05 Å². The molecule has 0 atom stereocenters. The monoisotopic (exact) mass is 456 g/mol. The number of hydrogen-bond acceptors (Lipinski definition) is 3. The van der Waals surface area contributed by atoms with Crippen molar-refractivity contribution in [1.82, 2.24) is 9.80 Å². The summed E-state index contributed by atoms with van der Waals surface area (Å²) in [7, 11) is 1.73. The number of likely N-dealkylation sites (N-methyl/N-ethyl adjacent to an activating group) is 1. The van der Waals surface area contributed by atoms with E-state index < -0.39 is 5.60 Å². The van der Waals surface area contributed by atoms with E-state index in [-0.39, 0.29) is 6.09 Å². The van der Waals surface area contributed by atoms with Crippen molar-refractivity contribution in [3.63, 3.8) is 0 Å². The molecule has 0 unspecified atom stereocenters. The largest absolute Gasteiger partial charge is 0.436 e. The van der Waals surface area contributed by atoms with E-state index in [9.17, 15) is 4.79 Å². The van der Waals surface area contributed by atoms with Crippen LogP contribution in [0, 0.1) is 0 Å². The molecule has 2 saturated heterocycles. The SMILES string of the molecule is C=C1N(C)C(=O)OC12CCN(CCC=C(c1ccc(Cl)cc1)c1ccc(Cl)cc1)CC2. The van der Waals surface area contributed by atoms with Crippen LogP contribution in [0.2, 0.25) is 10.0 Å². The lowest BCUT2D eigenvalue weighted by atomic mass is 9.88. The Morgan fingerprint density at radius 1 is 1.03 bits per heavy atom. The number of amides is 1. The highest BCUT2D eigenvalue weighted by molar-refractivity contribution is 6.31. The molecule has 2 aromatic carbocycles. The van der Waals surface area contributed by atoms with Crippen LogP contribution in [-0.4, -0.2) is 48.2 Å². The van der Waals surface area contributed by atoms with Crippen molar-refractivity contribution in [2.75, 3.05) is 26.7 Å². The van der Waals surface area contributed by atoms with E-state index in [0.717, 1.165) is 65.8 Å². The standard InChI is InChI=1S/C25H26Cl2N2O2/c1-18-25(31-24(30)28(18)2)13-16-29(17-14-25)15-3-4-23(19-5-9-21(26)10-6-19)20-7-11-22(27)12-8-20/h4-12H,1,3,13-17H2,2H3. The van der Waals surface area contributed by atoms with Crippen LogP contribution in [0.15, 0.2) is 66.9 Å². The molecule has 2 aliphatic heterocycles. The predicted molar refractivity (Wildman–Crippen MR) is 126 cm³/mol. The molecule has 2 fully saturated rings. The summed E-state index contributed by atoms with van der Waals surface area (Å²) in [6.45, 7) is 6.79. The molecule has 162 valence electrons. The highest BCUT2D eigenvalue weighted by atomic mass is 35.5. The van der Waals surface area contributed by atoms with E-state index in [4.69, 9.17) is 27.9 Å². The molecule has 0 bridgehead atoms. The summed E-state index contributed by atoms with van der Waals surface area (Å²) in [4.78, 5) is 15.9. The summed E-state index contributed by atoms with van der Waals surface area (Å²) in [6.07, 6.45) is 4.46. The van der Waals surface area contributed by atoms with Gasteiger partial charge in [0.05, 0.1) is 5.70 Å². The number of rotatable bonds is 5. The molecule has 2 heterocycles. The lowest BCUT2D eigenvalue weighted by Crippen LogP contribution is -2.45. The average Bonchev–Trinajstić information content (AvgIpc) is 2.98. The van der Waals surface area contributed by atoms with Gasteiger partial charge in [-0.15, -0.1) is 0 Å². The maximum atomic E-state index is 11.9. The average molecular weight is 457 g/mol. The van der Waals surface area contributed by atoms with Gasteiger partial charge in [-0.2, -0.15) is 0 Å². The number of nitrogens with zero attached hydrogens (tertiary/aromatic N) is 2. The van der Waals surface area contributed by atoms with Crippen molar-refractivity contribution in [1.29, 1.82) is 0 Å². The van der Waals surface area contributed by atoms with Crippen LogP contribution >= 0.6 is 23.2 Å². The summed E-state index contributed by atoms with van der Waals surface area (Å²) in [5.74, 6) is 0. The third-order valence-corrected chi connectivity index (χ3v) is 6.76. The van der Waals surface area contributed by atoms with Gasteiger partial charge in [0, 0.05) is 49.6 Å². The molecule has 0 radical (unpaired) electrons. The number of hydrogen-bond donors (Lipinski definition) is 0. The normalized spacial score (nSPS) is 18.4. The zero-order valence-electron chi connectivity index (χ0n) is 17.6. The van der Waals surface area contributed by atoms with Crippen LogP contribution in [0.1, 0.15) is 30.4 Å². The van der Waals surface area contributed by atoms with Gasteiger partial charge in [0.15, 0.2) is 5.60 Å². The van der Waals surface area contributed by atoms with Crippen LogP contribution in [0.4, 0.5) is 4.79 Å². The molecule has 6 heteroatoms. The molecule has 31 heavy (non-hydrogen) atoms. The number of carbonyl (C=O) groups excluding carboxylic acids is 1. The Morgan fingerprint density at radius 3 is 2.00 bits per heavy atom. The molecule has 0 aromatic heterocycles. The van der Waals surface area contributed by atoms with Crippen molar-refractivity contribution in [2.45, 2.75) is 24.9 Å². The summed E-state index contributed by atoms with van der Waals surface area (Å²) < 4.78 is 5.67. The van der Waals surface area contributed by atoms with Crippen LogP contribution < -0.4 is 0 Å². The molecule has 1 amide bonds. The zero-order chi connectivity index (χ0) is 22.0. The first-order valence-electron chi connectivity index (χ1n) is 10.5. The highest BCUT2D eigenvalue weighted by Gasteiger charge is 2.48. The minimum absolute atomic E-state index is 0.294. The maximum Gasteiger partial charge on any atom is 0.414 e. The van der Waals surface area contributed by atoms with Crippen LogP contribution in [0.5, 0.6) is 0 Å². The van der Waals surface area contributed by atoms with Gasteiger partial charge in [0.2, 0.25) is 0 Å². The number of halogens is 2. The van der Waals surface area contributed by atoms with Crippen LogP contribution in [0.25, 0.3) is 5.57 Å². The Bertz CT molecular complexity index is 944. The molecule has 0 saturated carbocycles. The van der Waals surface area contributed by atoms with Gasteiger partial charge < -0.3 is 9.64 Å². The molecule has 1 spiro atoms. The minimum Gasteiger partial charge on any atom is -0.436 e. The lowest BCUT2D eigenvalue weighted by molar-refractivity contribution is 0.0152. The van der Waals surface area contributed by atoms with Crippen molar-refractivity contribution in [3.05, 3.63) is 88.1 Å². The molecule has 0 N–H and O–H groups in total. The molecular formula is C25H26Cl2N2O2. The van der Waals surface area contributed by atoms with Gasteiger partial charge in [-0.25, -0.2) is 4.79 Å². The van der Waals surface area contributed by atoms with Gasteiger partial charge in [-0.3, -0.25) is 4.90 Å². The van der Waals surface area contributed by atoms with Gasteiger partial charge in [0.1, 0.15) is 0 Å². The first-order valence-corrected chi connectivity index (χ1v) is 11.2. The zero-order valence-corrected chi connectivity index (χ0v) is 19.1. The van der Waals surface area contributed by atoms with E-state index in [1.807, 2.05) is 48.5 Å². The Morgan fingerprint density at radius 2 is 1.55 bits per heavy atom. The fourth-order valence-electron chi connectivity index (χ4n) is 4.29. The number of likely N-dealkylation sites (tertiary alicyclic amines) is 1. The second-order valence-corrected chi connectivity index (χ2v) is 9.00. The van der Waals surface area contributed by atoms with E-state index in [1.165, 1.54) is 10.5 Å². The quantitative estimate of drug-likeness (QED) is 0.533. The first kappa shape index (κ1) is 21.9. The number of carbonyl (C=O) groups is 1. The van der Waals surface area contributed by atoms with Crippen LogP contribution in [-0.2, 0) is 4.74 Å². The summed E-state index contributed by atoms with van der Waals surface area (Å²) in [5, 5.41) is 1.45. The fourth-order valence-corrected chi connectivity index (χ4v) is 4.54. The number of piperidine rings is 1. The Labute approximate surface area is 193 Å². The van der Waals surface area contributed by atoms with E-state index >= 15 is 0 Å². The number of ether oxygens (including phenoxy) is 1. The van der Waals surface area contributed by atoms with Crippen molar-refractivity contribution < 1.29 is 9.53 Å². The fraction of sp³-hybridized carbons (Fsp3) is 0.320. The smallest absolute Gasteiger partial charge is 0.414 e. The van der Waals surface area contributed by atoms with Gasteiger partial charge >= 0.3 is 6.09 Å². The minimum atomic E-state index is -0.518. The summed E-state index contributed by atoms with van der Waals surface area (Å²) in [5.41, 5.74) is 3.69. The molecule has 0 aliphatic carbocycles.